The number of fused-ring (bicyclic) bond motifs is 1. The number of esters is 1. The Kier molecular flexibility index (Phi) is 8.49. The number of thiophene rings is 1. The van der Waals surface area contributed by atoms with Gasteiger partial charge in [0.15, 0.2) is 0 Å². The highest BCUT2D eigenvalue weighted by Gasteiger charge is 2.32. The molecule has 1 unspecified atom stereocenters. The molecular formula is C26H36N3O5S2+. The number of rotatable bonds is 7. The Hall–Kier alpha value is -2.27. The number of benzene rings is 1. The number of nitrogens with one attached hydrogen (secondary N) is 2. The quantitative estimate of drug-likeness (QED) is 0.532. The van der Waals surface area contributed by atoms with Gasteiger partial charge in [0.05, 0.1) is 34.5 Å². The summed E-state index contributed by atoms with van der Waals surface area (Å²) in [5.74, 6) is -0.803. The Morgan fingerprint density at radius 2 is 1.78 bits per heavy atom. The third-order valence-electron chi connectivity index (χ3n) is 7.02. The van der Waals surface area contributed by atoms with Crippen molar-refractivity contribution in [2.75, 3.05) is 31.6 Å². The highest BCUT2D eigenvalue weighted by molar-refractivity contribution is 7.89. The molecule has 10 heteroatoms. The molecule has 0 spiro atoms. The van der Waals surface area contributed by atoms with Gasteiger partial charge >= 0.3 is 5.97 Å². The lowest BCUT2D eigenvalue weighted by Crippen LogP contribution is -3.14. The Balaban J connectivity index is 1.55. The fourth-order valence-electron chi connectivity index (χ4n) is 4.88. The van der Waals surface area contributed by atoms with Gasteiger partial charge < -0.3 is 15.0 Å². The molecule has 2 aromatic rings. The highest BCUT2D eigenvalue weighted by Crippen LogP contribution is 2.36. The maximum Gasteiger partial charge on any atom is 0.341 e. The van der Waals surface area contributed by atoms with E-state index in [4.69, 9.17) is 4.74 Å². The molecule has 0 aliphatic carbocycles. The number of ether oxygens (including phenoxy) is 1. The van der Waals surface area contributed by atoms with E-state index >= 15 is 0 Å². The van der Waals surface area contributed by atoms with E-state index in [0.717, 1.165) is 55.6 Å². The first-order chi connectivity index (χ1) is 17.2. The van der Waals surface area contributed by atoms with Crippen molar-refractivity contribution in [2.45, 2.75) is 70.4 Å². The third-order valence-corrected chi connectivity index (χ3v) is 10.1. The summed E-state index contributed by atoms with van der Waals surface area (Å²) >= 11 is 1.43. The first-order valence-corrected chi connectivity index (χ1v) is 15.1. The normalized spacial score (nSPS) is 18.9. The van der Waals surface area contributed by atoms with Crippen LogP contribution in [-0.2, 0) is 27.7 Å². The van der Waals surface area contributed by atoms with E-state index in [1.807, 2.05) is 0 Å². The first-order valence-electron chi connectivity index (χ1n) is 12.8. The van der Waals surface area contributed by atoms with Crippen LogP contribution in [0.1, 0.15) is 77.6 Å². The lowest BCUT2D eigenvalue weighted by Gasteiger charge is -2.27. The van der Waals surface area contributed by atoms with Gasteiger partial charge in [-0.3, -0.25) is 4.79 Å². The van der Waals surface area contributed by atoms with E-state index in [2.05, 4.69) is 19.2 Å². The molecule has 0 saturated carbocycles. The van der Waals surface area contributed by atoms with Gasteiger partial charge in [-0.25, -0.2) is 13.2 Å². The van der Waals surface area contributed by atoms with Gasteiger partial charge in [-0.05, 0) is 63.4 Å². The SMILES string of the molecule is CCOC(=O)c1c(NC(=O)c2ccc(S(=O)(=O)N3CCCCCC3)cc2)sc2c1CC[NH+](C(C)C)C2. The van der Waals surface area contributed by atoms with Crippen molar-refractivity contribution in [3.63, 3.8) is 0 Å². The van der Waals surface area contributed by atoms with Crippen LogP contribution in [0.2, 0.25) is 0 Å². The van der Waals surface area contributed by atoms with Crippen molar-refractivity contribution in [1.82, 2.24) is 4.31 Å². The average Bonchev–Trinajstić information content (AvgIpc) is 3.01. The van der Waals surface area contributed by atoms with Crippen LogP contribution in [0, 0.1) is 0 Å². The second kappa shape index (κ2) is 11.4. The molecule has 36 heavy (non-hydrogen) atoms. The lowest BCUT2D eigenvalue weighted by atomic mass is 10.0. The molecule has 196 valence electrons. The van der Waals surface area contributed by atoms with Gasteiger partial charge in [0, 0.05) is 25.1 Å². The smallest absolute Gasteiger partial charge is 0.341 e. The summed E-state index contributed by atoms with van der Waals surface area (Å²) in [7, 11) is -3.59. The Bertz CT molecular complexity index is 1200. The van der Waals surface area contributed by atoms with E-state index in [9.17, 15) is 18.0 Å². The zero-order chi connectivity index (χ0) is 25.9. The van der Waals surface area contributed by atoms with Crippen LogP contribution in [0.4, 0.5) is 5.00 Å². The molecule has 2 aliphatic heterocycles. The lowest BCUT2D eigenvalue weighted by molar-refractivity contribution is -0.936. The van der Waals surface area contributed by atoms with Crippen LogP contribution in [0.15, 0.2) is 29.2 Å². The molecule has 1 aromatic carbocycles. The molecule has 3 heterocycles. The van der Waals surface area contributed by atoms with Crippen LogP contribution in [0.5, 0.6) is 0 Å². The molecular weight excluding hydrogens is 498 g/mol. The number of anilines is 1. The van der Waals surface area contributed by atoms with Crippen molar-refractivity contribution >= 4 is 38.2 Å². The van der Waals surface area contributed by atoms with Crippen LogP contribution in [0.25, 0.3) is 0 Å². The summed E-state index contributed by atoms with van der Waals surface area (Å²) in [5, 5.41) is 3.40. The van der Waals surface area contributed by atoms with E-state index in [1.54, 1.807) is 11.2 Å². The van der Waals surface area contributed by atoms with Crippen LogP contribution < -0.4 is 10.2 Å². The van der Waals surface area contributed by atoms with Crippen molar-refractivity contribution in [1.29, 1.82) is 0 Å². The molecule has 0 radical (unpaired) electrons. The van der Waals surface area contributed by atoms with Gasteiger partial charge in [-0.15, -0.1) is 11.3 Å². The second-order valence-electron chi connectivity index (χ2n) is 9.71. The van der Waals surface area contributed by atoms with Crippen LogP contribution in [0.3, 0.4) is 0 Å². The van der Waals surface area contributed by atoms with E-state index in [-0.39, 0.29) is 17.4 Å². The summed E-state index contributed by atoms with van der Waals surface area (Å²) < 4.78 is 33.0. The number of hydrogen-bond acceptors (Lipinski definition) is 6. The molecule has 1 saturated heterocycles. The molecule has 1 fully saturated rings. The number of carbonyl (C=O) groups is 2. The number of quaternary nitrogens is 1. The van der Waals surface area contributed by atoms with E-state index in [0.29, 0.717) is 35.3 Å². The van der Waals surface area contributed by atoms with Crippen molar-refractivity contribution in [3.8, 4) is 0 Å². The van der Waals surface area contributed by atoms with Gasteiger partial charge in [0.2, 0.25) is 10.0 Å². The topological polar surface area (TPSA) is 97.2 Å². The van der Waals surface area contributed by atoms with Gasteiger partial charge in [0.25, 0.3) is 5.91 Å². The number of hydrogen-bond donors (Lipinski definition) is 2. The molecule has 4 rings (SSSR count). The zero-order valence-corrected chi connectivity index (χ0v) is 22.9. The minimum absolute atomic E-state index is 0.191. The molecule has 2 N–H and O–H groups in total. The predicted molar refractivity (Wildman–Crippen MR) is 140 cm³/mol. The monoisotopic (exact) mass is 534 g/mol. The largest absolute Gasteiger partial charge is 0.462 e. The Morgan fingerprint density at radius 1 is 1.11 bits per heavy atom. The minimum Gasteiger partial charge on any atom is -0.462 e. The standard InChI is InChI=1S/C26H35N3O5S2/c1-4-34-26(31)23-21-13-16-28(18(2)3)17-22(21)35-25(23)27-24(30)19-9-11-20(12-10-19)36(32,33)29-14-7-5-6-8-15-29/h9-12,18H,4-8,13-17H2,1-3H3,(H,27,30)/p+1. The maximum atomic E-state index is 13.1. The minimum atomic E-state index is -3.59. The summed E-state index contributed by atoms with van der Waals surface area (Å²) in [6, 6.07) is 6.51. The zero-order valence-electron chi connectivity index (χ0n) is 21.3. The number of nitrogens with zero attached hydrogens (tertiary/aromatic N) is 1. The van der Waals surface area contributed by atoms with E-state index in [1.165, 1.54) is 40.5 Å². The molecule has 2 aliphatic rings. The van der Waals surface area contributed by atoms with Crippen molar-refractivity contribution < 1.29 is 27.6 Å². The first kappa shape index (κ1) is 26.8. The molecule has 0 bridgehead atoms. The van der Waals surface area contributed by atoms with Gasteiger partial charge in [-0.2, -0.15) is 4.31 Å². The molecule has 1 amide bonds. The summed E-state index contributed by atoms with van der Waals surface area (Å²) in [6.07, 6.45) is 4.57. The summed E-state index contributed by atoms with van der Waals surface area (Å²) in [6.45, 7) is 9.17. The predicted octanol–water partition coefficient (Wildman–Crippen LogP) is 3.09. The Morgan fingerprint density at radius 3 is 2.39 bits per heavy atom. The average molecular weight is 535 g/mol. The third kappa shape index (κ3) is 5.66. The van der Waals surface area contributed by atoms with Crippen molar-refractivity contribution in [3.05, 3.63) is 45.8 Å². The number of sulfonamides is 1. The number of carbonyl (C=O) groups excluding carboxylic acids is 2. The van der Waals surface area contributed by atoms with Gasteiger partial charge in [-0.1, -0.05) is 12.8 Å². The highest BCUT2D eigenvalue weighted by atomic mass is 32.2. The van der Waals surface area contributed by atoms with Crippen LogP contribution >= 0.6 is 11.3 Å². The molecule has 1 atom stereocenters. The van der Waals surface area contributed by atoms with Crippen LogP contribution in [-0.4, -0.2) is 56.9 Å². The molecule has 8 nitrogen and oxygen atoms in total. The Labute approximate surface area is 217 Å². The fourth-order valence-corrected chi connectivity index (χ4v) is 7.68. The second-order valence-corrected chi connectivity index (χ2v) is 12.8. The van der Waals surface area contributed by atoms with E-state index < -0.39 is 16.0 Å². The number of amides is 1. The maximum absolute atomic E-state index is 13.1. The summed E-state index contributed by atoms with van der Waals surface area (Å²) in [4.78, 5) is 28.7. The van der Waals surface area contributed by atoms with Crippen molar-refractivity contribution in [2.24, 2.45) is 0 Å². The summed E-state index contributed by atoms with van der Waals surface area (Å²) in [5.41, 5.74) is 1.76. The molecule has 1 aromatic heterocycles. The fraction of sp³-hybridized carbons (Fsp3) is 0.538. The van der Waals surface area contributed by atoms with Gasteiger partial charge in [0.1, 0.15) is 11.5 Å².